The maximum absolute atomic E-state index is 5.51. The summed E-state index contributed by atoms with van der Waals surface area (Å²) in [6.07, 6.45) is 3.83. The fourth-order valence-electron chi connectivity index (χ4n) is 1.79. The molecule has 1 unspecified atom stereocenters. The Balaban J connectivity index is 2.31. The lowest BCUT2D eigenvalue weighted by Gasteiger charge is -2.08. The van der Waals surface area contributed by atoms with Crippen LogP contribution in [0.15, 0.2) is 12.4 Å². The quantitative estimate of drug-likeness (QED) is 0.840. The van der Waals surface area contributed by atoms with Gasteiger partial charge in [-0.2, -0.15) is 0 Å². The minimum Gasteiger partial charge on any atom is -0.330 e. The van der Waals surface area contributed by atoms with Gasteiger partial charge in [0, 0.05) is 17.7 Å². The molecule has 0 aliphatic rings. The molecular formula is C11H17N5. The molecule has 5 heteroatoms. The van der Waals surface area contributed by atoms with E-state index in [0.717, 1.165) is 36.6 Å². The summed E-state index contributed by atoms with van der Waals surface area (Å²) in [5.41, 5.74) is 7.33. The Morgan fingerprint density at radius 2 is 2.25 bits per heavy atom. The van der Waals surface area contributed by atoms with Crippen molar-refractivity contribution in [1.29, 1.82) is 0 Å². The second-order valence-electron chi connectivity index (χ2n) is 4.15. The molecule has 0 bridgehead atoms. The van der Waals surface area contributed by atoms with Gasteiger partial charge in [-0.25, -0.2) is 4.98 Å². The van der Waals surface area contributed by atoms with Gasteiger partial charge in [-0.3, -0.25) is 4.40 Å². The molecule has 16 heavy (non-hydrogen) atoms. The Bertz CT molecular complexity index is 476. The number of nitrogens with two attached hydrogens (primary N) is 1. The van der Waals surface area contributed by atoms with E-state index in [1.54, 1.807) is 6.33 Å². The summed E-state index contributed by atoms with van der Waals surface area (Å²) < 4.78 is 1.95. The maximum atomic E-state index is 5.51. The molecule has 0 fully saturated rings. The maximum Gasteiger partial charge on any atom is 0.163 e. The van der Waals surface area contributed by atoms with Crippen molar-refractivity contribution in [2.75, 3.05) is 6.54 Å². The van der Waals surface area contributed by atoms with Crippen LogP contribution in [-0.4, -0.2) is 26.1 Å². The molecule has 2 N–H and O–H groups in total. The summed E-state index contributed by atoms with van der Waals surface area (Å²) in [4.78, 5) is 4.26. The van der Waals surface area contributed by atoms with Gasteiger partial charge in [0.05, 0.1) is 0 Å². The highest BCUT2D eigenvalue weighted by atomic mass is 15.3. The fraction of sp³-hybridized carbons (Fsp3) is 0.545. The summed E-state index contributed by atoms with van der Waals surface area (Å²) in [6, 6.07) is 1.94. The van der Waals surface area contributed by atoms with Crippen molar-refractivity contribution < 1.29 is 0 Å². The van der Waals surface area contributed by atoms with E-state index >= 15 is 0 Å². The fourth-order valence-corrected chi connectivity index (χ4v) is 1.79. The zero-order chi connectivity index (χ0) is 11.5. The van der Waals surface area contributed by atoms with Crippen molar-refractivity contribution in [3.05, 3.63) is 23.9 Å². The molecule has 0 aliphatic carbocycles. The predicted octanol–water partition coefficient (Wildman–Crippen LogP) is 1.28. The van der Waals surface area contributed by atoms with Crippen LogP contribution in [0.25, 0.3) is 5.65 Å². The molecule has 0 spiro atoms. The van der Waals surface area contributed by atoms with E-state index in [4.69, 9.17) is 5.73 Å². The molecule has 0 amide bonds. The zero-order valence-electron chi connectivity index (χ0n) is 9.72. The molecule has 0 saturated carbocycles. The Morgan fingerprint density at radius 1 is 1.44 bits per heavy atom. The largest absolute Gasteiger partial charge is 0.330 e. The molecule has 5 nitrogen and oxygen atoms in total. The highest BCUT2D eigenvalue weighted by Gasteiger charge is 2.13. The van der Waals surface area contributed by atoms with E-state index < -0.39 is 0 Å². The number of aromatic nitrogens is 4. The Hall–Kier alpha value is -1.49. The molecule has 0 radical (unpaired) electrons. The minimum atomic E-state index is 0.364. The van der Waals surface area contributed by atoms with E-state index in [2.05, 4.69) is 22.1 Å². The molecule has 2 rings (SSSR count). The summed E-state index contributed by atoms with van der Waals surface area (Å²) in [5.74, 6) is 1.33. The van der Waals surface area contributed by atoms with Crippen molar-refractivity contribution in [2.45, 2.75) is 32.6 Å². The zero-order valence-corrected chi connectivity index (χ0v) is 9.72. The molecular weight excluding hydrogens is 202 g/mol. The number of aryl methyl sites for hydroxylation is 1. The number of hydrogen-bond acceptors (Lipinski definition) is 4. The molecule has 0 saturated heterocycles. The van der Waals surface area contributed by atoms with Crippen LogP contribution in [0.3, 0.4) is 0 Å². The van der Waals surface area contributed by atoms with Gasteiger partial charge in [0.2, 0.25) is 0 Å². The topological polar surface area (TPSA) is 69.1 Å². The molecule has 0 aromatic carbocycles. The normalized spacial score (nSPS) is 13.2. The van der Waals surface area contributed by atoms with Crippen LogP contribution in [0.4, 0.5) is 0 Å². The van der Waals surface area contributed by atoms with Crippen LogP contribution >= 0.6 is 0 Å². The van der Waals surface area contributed by atoms with Gasteiger partial charge in [0.1, 0.15) is 12.2 Å². The van der Waals surface area contributed by atoms with Crippen LogP contribution in [0.1, 0.15) is 37.2 Å². The van der Waals surface area contributed by atoms with Crippen molar-refractivity contribution in [3.8, 4) is 0 Å². The van der Waals surface area contributed by atoms with Crippen LogP contribution in [0.2, 0.25) is 0 Å². The first kappa shape index (κ1) is 11.0. The van der Waals surface area contributed by atoms with E-state index in [0.29, 0.717) is 5.92 Å². The standard InChI is InChI=1S/C11H17N5/c1-8(4-3-5-12)11-15-14-10-6-9(2)13-7-16(10)11/h6-8H,3-5,12H2,1-2H3. The van der Waals surface area contributed by atoms with Gasteiger partial charge < -0.3 is 5.73 Å². The Labute approximate surface area is 94.7 Å². The van der Waals surface area contributed by atoms with Gasteiger partial charge in [-0.1, -0.05) is 6.92 Å². The molecule has 0 aliphatic heterocycles. The van der Waals surface area contributed by atoms with E-state index in [1.165, 1.54) is 0 Å². The van der Waals surface area contributed by atoms with Gasteiger partial charge in [0.15, 0.2) is 5.65 Å². The van der Waals surface area contributed by atoms with Gasteiger partial charge in [0.25, 0.3) is 0 Å². The van der Waals surface area contributed by atoms with Crippen LogP contribution in [-0.2, 0) is 0 Å². The number of hydrogen-bond donors (Lipinski definition) is 1. The van der Waals surface area contributed by atoms with Crippen LogP contribution in [0, 0.1) is 6.92 Å². The monoisotopic (exact) mass is 219 g/mol. The average molecular weight is 219 g/mol. The summed E-state index contributed by atoms with van der Waals surface area (Å²) in [7, 11) is 0. The van der Waals surface area contributed by atoms with Gasteiger partial charge in [-0.05, 0) is 26.3 Å². The first-order valence-corrected chi connectivity index (χ1v) is 5.59. The third-order valence-corrected chi connectivity index (χ3v) is 2.75. The first-order valence-electron chi connectivity index (χ1n) is 5.59. The third-order valence-electron chi connectivity index (χ3n) is 2.75. The highest BCUT2D eigenvalue weighted by molar-refractivity contribution is 5.38. The lowest BCUT2D eigenvalue weighted by Crippen LogP contribution is -2.05. The Morgan fingerprint density at radius 3 is 3.00 bits per heavy atom. The summed E-state index contributed by atoms with van der Waals surface area (Å²) >= 11 is 0. The van der Waals surface area contributed by atoms with Crippen molar-refractivity contribution in [3.63, 3.8) is 0 Å². The van der Waals surface area contributed by atoms with E-state index in [9.17, 15) is 0 Å². The number of fused-ring (bicyclic) bond motifs is 1. The average Bonchev–Trinajstić information content (AvgIpc) is 2.68. The lowest BCUT2D eigenvalue weighted by atomic mass is 10.1. The van der Waals surface area contributed by atoms with E-state index in [1.807, 2.05) is 17.4 Å². The SMILES string of the molecule is Cc1cc2nnc(C(C)CCCN)n2cn1. The predicted molar refractivity (Wildman–Crippen MR) is 62.2 cm³/mol. The number of rotatable bonds is 4. The molecule has 2 aromatic heterocycles. The highest BCUT2D eigenvalue weighted by Crippen LogP contribution is 2.18. The van der Waals surface area contributed by atoms with Crippen LogP contribution < -0.4 is 5.73 Å². The smallest absolute Gasteiger partial charge is 0.163 e. The summed E-state index contributed by atoms with van der Waals surface area (Å²) in [5, 5.41) is 8.37. The van der Waals surface area contributed by atoms with E-state index in [-0.39, 0.29) is 0 Å². The molecule has 86 valence electrons. The van der Waals surface area contributed by atoms with Crippen molar-refractivity contribution in [1.82, 2.24) is 19.6 Å². The van der Waals surface area contributed by atoms with Crippen LogP contribution in [0.5, 0.6) is 0 Å². The minimum absolute atomic E-state index is 0.364. The molecule has 2 heterocycles. The molecule has 2 aromatic rings. The lowest BCUT2D eigenvalue weighted by molar-refractivity contribution is 0.602. The summed E-state index contributed by atoms with van der Waals surface area (Å²) in [6.45, 7) is 4.82. The number of nitrogens with zero attached hydrogens (tertiary/aromatic N) is 4. The second kappa shape index (κ2) is 4.57. The Kier molecular flexibility index (Phi) is 3.14. The molecule has 1 atom stereocenters. The van der Waals surface area contributed by atoms with Crippen molar-refractivity contribution in [2.24, 2.45) is 5.73 Å². The first-order chi connectivity index (χ1) is 7.72. The third kappa shape index (κ3) is 2.04. The van der Waals surface area contributed by atoms with Gasteiger partial charge >= 0.3 is 0 Å². The second-order valence-corrected chi connectivity index (χ2v) is 4.15. The van der Waals surface area contributed by atoms with Crippen molar-refractivity contribution >= 4 is 5.65 Å². The van der Waals surface area contributed by atoms with Gasteiger partial charge in [-0.15, -0.1) is 10.2 Å².